The van der Waals surface area contributed by atoms with E-state index in [-0.39, 0.29) is 24.4 Å². The van der Waals surface area contributed by atoms with Gasteiger partial charge in [-0.2, -0.15) is 0 Å². The third-order valence-corrected chi connectivity index (χ3v) is 4.99. The van der Waals surface area contributed by atoms with Crippen molar-refractivity contribution in [2.75, 3.05) is 19.6 Å². The molecule has 1 aliphatic rings. The fraction of sp³-hybridized carbons (Fsp3) is 0.500. The van der Waals surface area contributed by atoms with Crippen molar-refractivity contribution in [1.29, 1.82) is 0 Å². The number of carbonyl (C=O) groups excluding carboxylic acids is 2. The third-order valence-electron chi connectivity index (χ3n) is 4.99. The number of carbonyl (C=O) groups is 3. The maximum absolute atomic E-state index is 12.9. The van der Waals surface area contributed by atoms with Crippen LogP contribution >= 0.6 is 0 Å². The highest BCUT2D eigenvalue weighted by Gasteiger charge is 2.28. The summed E-state index contributed by atoms with van der Waals surface area (Å²) >= 11 is 0. The number of hydrogen-bond acceptors (Lipinski definition) is 5. The normalized spacial score (nSPS) is 17.6. The lowest BCUT2D eigenvalue weighted by Crippen LogP contribution is -2.43. The fourth-order valence-corrected chi connectivity index (χ4v) is 3.59. The first-order chi connectivity index (χ1) is 12.9. The Bertz CT molecular complexity index is 878. The van der Waals surface area contributed by atoms with Crippen LogP contribution in [0.1, 0.15) is 36.5 Å². The molecule has 1 fully saturated rings. The van der Waals surface area contributed by atoms with Crippen molar-refractivity contribution >= 4 is 28.8 Å². The fourth-order valence-electron chi connectivity index (χ4n) is 3.59. The number of fused-ring (bicyclic) bond motifs is 1. The van der Waals surface area contributed by atoms with Crippen molar-refractivity contribution in [3.05, 3.63) is 23.8 Å². The molecular formula is C18H23N5O4. The summed E-state index contributed by atoms with van der Waals surface area (Å²) in [5.41, 5.74) is 2.07. The molecule has 0 aliphatic carbocycles. The highest BCUT2D eigenvalue weighted by molar-refractivity contribution is 5.97. The zero-order valence-corrected chi connectivity index (χ0v) is 15.5. The van der Waals surface area contributed by atoms with Crippen LogP contribution in [-0.4, -0.2) is 73.4 Å². The second kappa shape index (κ2) is 7.73. The lowest BCUT2D eigenvalue weighted by molar-refractivity contribution is -0.145. The quantitative estimate of drug-likeness (QED) is 0.853. The van der Waals surface area contributed by atoms with Crippen molar-refractivity contribution in [2.24, 2.45) is 7.05 Å². The van der Waals surface area contributed by atoms with Crippen LogP contribution in [-0.2, 0) is 16.6 Å². The van der Waals surface area contributed by atoms with Crippen LogP contribution < -0.4 is 0 Å². The first-order valence-corrected chi connectivity index (χ1v) is 8.94. The summed E-state index contributed by atoms with van der Waals surface area (Å²) in [4.78, 5) is 38.9. The zero-order chi connectivity index (χ0) is 19.6. The molecule has 0 unspecified atom stereocenters. The van der Waals surface area contributed by atoms with Crippen molar-refractivity contribution < 1.29 is 19.5 Å². The van der Waals surface area contributed by atoms with Gasteiger partial charge in [-0.25, -0.2) is 4.68 Å². The Balaban J connectivity index is 1.71. The summed E-state index contributed by atoms with van der Waals surface area (Å²) in [7, 11) is 1.80. The molecule has 0 bridgehead atoms. The van der Waals surface area contributed by atoms with Gasteiger partial charge in [-0.15, -0.1) is 5.10 Å². The Hall–Kier alpha value is -2.97. The summed E-state index contributed by atoms with van der Waals surface area (Å²) in [6.07, 6.45) is 1.96. The van der Waals surface area contributed by atoms with Crippen molar-refractivity contribution in [2.45, 2.75) is 32.2 Å². The Morgan fingerprint density at radius 2 is 2.04 bits per heavy atom. The van der Waals surface area contributed by atoms with E-state index in [9.17, 15) is 14.4 Å². The van der Waals surface area contributed by atoms with Gasteiger partial charge in [-0.05, 0) is 37.5 Å². The van der Waals surface area contributed by atoms with Crippen molar-refractivity contribution in [1.82, 2.24) is 24.8 Å². The number of carboxylic acid groups (broad SMARTS) is 1. The van der Waals surface area contributed by atoms with Gasteiger partial charge in [-0.3, -0.25) is 14.4 Å². The molecule has 1 saturated heterocycles. The van der Waals surface area contributed by atoms with Gasteiger partial charge in [0.1, 0.15) is 12.1 Å². The first kappa shape index (κ1) is 18.8. The molecule has 1 aromatic carbocycles. The summed E-state index contributed by atoms with van der Waals surface area (Å²) in [5.74, 6) is -1.37. The number of amides is 2. The molecule has 0 saturated carbocycles. The van der Waals surface area contributed by atoms with Gasteiger partial charge in [0.15, 0.2) is 0 Å². The molecule has 0 radical (unpaired) electrons. The van der Waals surface area contributed by atoms with E-state index in [4.69, 9.17) is 5.11 Å². The predicted molar refractivity (Wildman–Crippen MR) is 97.1 cm³/mol. The zero-order valence-electron chi connectivity index (χ0n) is 15.5. The van der Waals surface area contributed by atoms with Crippen molar-refractivity contribution in [3.63, 3.8) is 0 Å². The number of hydrogen-bond donors (Lipinski definition) is 1. The molecule has 3 rings (SSSR count). The highest BCUT2D eigenvalue weighted by Crippen LogP contribution is 2.20. The Morgan fingerprint density at radius 1 is 1.26 bits per heavy atom. The van der Waals surface area contributed by atoms with Gasteiger partial charge in [-0.1, -0.05) is 5.21 Å². The molecule has 1 atom stereocenters. The minimum Gasteiger partial charge on any atom is -0.480 e. The summed E-state index contributed by atoms with van der Waals surface area (Å²) in [6, 6.07) is 5.16. The molecule has 144 valence electrons. The second-order valence-electron chi connectivity index (χ2n) is 6.83. The molecule has 9 heteroatoms. The molecule has 1 N–H and O–H groups in total. The molecule has 2 aromatic rings. The average Bonchev–Trinajstić information content (AvgIpc) is 2.84. The van der Waals surface area contributed by atoms with E-state index in [0.29, 0.717) is 43.4 Å². The Morgan fingerprint density at radius 3 is 2.74 bits per heavy atom. The maximum Gasteiger partial charge on any atom is 0.323 e. The molecule has 27 heavy (non-hydrogen) atoms. The van der Waals surface area contributed by atoms with Gasteiger partial charge < -0.3 is 14.9 Å². The van der Waals surface area contributed by atoms with E-state index in [1.54, 1.807) is 28.8 Å². The standard InChI is InChI=1S/C18H23N5O4/c1-12(24)23(11-17(25)26)14-4-3-8-22(9-7-14)18(27)13-5-6-16-15(10-13)19-20-21(16)2/h5-6,10,14H,3-4,7-9,11H2,1-2H3,(H,25,26)/t14-/m1/s1. The van der Waals surface area contributed by atoms with E-state index in [0.717, 1.165) is 5.52 Å². The minimum absolute atomic E-state index is 0.0872. The summed E-state index contributed by atoms with van der Waals surface area (Å²) < 4.78 is 1.65. The topological polar surface area (TPSA) is 109 Å². The molecule has 1 aliphatic heterocycles. The average molecular weight is 373 g/mol. The number of aromatic nitrogens is 3. The summed E-state index contributed by atoms with van der Waals surface area (Å²) in [6.45, 7) is 2.13. The van der Waals surface area contributed by atoms with E-state index in [2.05, 4.69) is 10.3 Å². The predicted octanol–water partition coefficient (Wildman–Crippen LogP) is 0.896. The van der Waals surface area contributed by atoms with Gasteiger partial charge in [0, 0.05) is 38.7 Å². The smallest absolute Gasteiger partial charge is 0.323 e. The number of carboxylic acids is 1. The number of rotatable bonds is 4. The van der Waals surface area contributed by atoms with E-state index >= 15 is 0 Å². The van der Waals surface area contributed by atoms with Gasteiger partial charge >= 0.3 is 5.97 Å². The highest BCUT2D eigenvalue weighted by atomic mass is 16.4. The molecule has 2 heterocycles. The molecule has 9 nitrogen and oxygen atoms in total. The van der Waals surface area contributed by atoms with Crippen LogP contribution in [0.2, 0.25) is 0 Å². The van der Waals surface area contributed by atoms with E-state index in [1.165, 1.54) is 11.8 Å². The van der Waals surface area contributed by atoms with Crippen LogP contribution in [0, 0.1) is 0 Å². The van der Waals surface area contributed by atoms with Gasteiger partial charge in [0.2, 0.25) is 5.91 Å². The largest absolute Gasteiger partial charge is 0.480 e. The first-order valence-electron chi connectivity index (χ1n) is 8.94. The lowest BCUT2D eigenvalue weighted by Gasteiger charge is -2.28. The number of benzene rings is 1. The van der Waals surface area contributed by atoms with Gasteiger partial charge in [0.05, 0.1) is 5.52 Å². The monoisotopic (exact) mass is 373 g/mol. The van der Waals surface area contributed by atoms with Gasteiger partial charge in [0.25, 0.3) is 5.91 Å². The van der Waals surface area contributed by atoms with Crippen LogP contribution in [0.15, 0.2) is 18.2 Å². The summed E-state index contributed by atoms with van der Waals surface area (Å²) in [5, 5.41) is 17.0. The molecular weight excluding hydrogens is 350 g/mol. The SMILES string of the molecule is CC(=O)N(CC(=O)O)[C@@H]1CCCN(C(=O)c2ccc3c(c2)nnn3C)CC1. The van der Waals surface area contributed by atoms with Crippen molar-refractivity contribution in [3.8, 4) is 0 Å². The number of aryl methyl sites for hydroxylation is 1. The number of nitrogens with zero attached hydrogens (tertiary/aromatic N) is 5. The van der Waals surface area contributed by atoms with Crippen LogP contribution in [0.4, 0.5) is 0 Å². The Kier molecular flexibility index (Phi) is 5.38. The lowest BCUT2D eigenvalue weighted by atomic mass is 10.1. The molecule has 1 aromatic heterocycles. The van der Waals surface area contributed by atoms with Crippen LogP contribution in [0.25, 0.3) is 11.0 Å². The van der Waals surface area contributed by atoms with E-state index in [1.807, 2.05) is 6.07 Å². The van der Waals surface area contributed by atoms with E-state index < -0.39 is 5.97 Å². The second-order valence-corrected chi connectivity index (χ2v) is 6.83. The van der Waals surface area contributed by atoms with Crippen LogP contribution in [0.3, 0.4) is 0 Å². The number of aliphatic carboxylic acids is 1. The molecule has 0 spiro atoms. The minimum atomic E-state index is -1.03. The Labute approximate surface area is 156 Å². The maximum atomic E-state index is 12.9. The third kappa shape index (κ3) is 4.07. The molecule has 2 amide bonds. The van der Waals surface area contributed by atoms with Crippen LogP contribution in [0.5, 0.6) is 0 Å². The number of likely N-dealkylation sites (tertiary alicyclic amines) is 1.